The van der Waals surface area contributed by atoms with Crippen molar-refractivity contribution in [1.82, 2.24) is 4.90 Å². The van der Waals surface area contributed by atoms with Gasteiger partial charge in [-0.25, -0.2) is 4.39 Å². The van der Waals surface area contributed by atoms with Gasteiger partial charge in [0.1, 0.15) is 5.82 Å². The third kappa shape index (κ3) is 3.20. The first-order valence-electron chi connectivity index (χ1n) is 7.00. The molecule has 0 radical (unpaired) electrons. The van der Waals surface area contributed by atoms with Gasteiger partial charge < -0.3 is 10.6 Å². The highest BCUT2D eigenvalue weighted by Gasteiger charge is 2.45. The third-order valence-corrected chi connectivity index (χ3v) is 4.23. The van der Waals surface area contributed by atoms with Gasteiger partial charge in [-0.05, 0) is 43.5 Å². The van der Waals surface area contributed by atoms with Crippen LogP contribution in [-0.4, -0.2) is 29.4 Å². The van der Waals surface area contributed by atoms with Crippen LogP contribution in [0.25, 0.3) is 0 Å². The maximum Gasteiger partial charge on any atom is 0.349 e. The number of piperidine rings is 1. The number of hydrogen-bond donors (Lipinski definition) is 1. The second kappa shape index (κ2) is 5.67. The molecule has 0 bridgehead atoms. The van der Waals surface area contributed by atoms with E-state index in [-0.39, 0.29) is 18.6 Å². The van der Waals surface area contributed by atoms with Crippen molar-refractivity contribution in [2.75, 3.05) is 13.1 Å². The standard InChI is InChI=1S/C15H19F3N2O/c1-2-14(19)7-9-20(10-8-14)13(21)15(17,18)11-3-5-12(16)6-4-11/h3-6H,2,7-10,19H2,1H3. The van der Waals surface area contributed by atoms with Crippen molar-refractivity contribution >= 4 is 5.91 Å². The van der Waals surface area contributed by atoms with Gasteiger partial charge in [0, 0.05) is 24.2 Å². The lowest BCUT2D eigenvalue weighted by molar-refractivity contribution is -0.160. The lowest BCUT2D eigenvalue weighted by Crippen LogP contribution is -2.54. The third-order valence-electron chi connectivity index (χ3n) is 4.23. The molecule has 1 amide bonds. The Morgan fingerprint density at radius 3 is 2.29 bits per heavy atom. The zero-order valence-corrected chi connectivity index (χ0v) is 11.9. The molecule has 2 rings (SSSR count). The van der Waals surface area contributed by atoms with Gasteiger partial charge >= 0.3 is 5.92 Å². The predicted molar refractivity (Wildman–Crippen MR) is 73.3 cm³/mol. The van der Waals surface area contributed by atoms with Crippen molar-refractivity contribution < 1.29 is 18.0 Å². The first-order chi connectivity index (χ1) is 9.78. The second-order valence-electron chi connectivity index (χ2n) is 5.59. The van der Waals surface area contributed by atoms with E-state index in [1.165, 1.54) is 0 Å². The molecule has 1 aliphatic rings. The Labute approximate surface area is 121 Å². The molecule has 1 aliphatic heterocycles. The molecule has 0 spiro atoms. The van der Waals surface area contributed by atoms with Gasteiger partial charge in [0.05, 0.1) is 0 Å². The van der Waals surface area contributed by atoms with Crippen LogP contribution in [0.1, 0.15) is 31.7 Å². The highest BCUT2D eigenvalue weighted by molar-refractivity contribution is 5.85. The number of likely N-dealkylation sites (tertiary alicyclic amines) is 1. The Balaban J connectivity index is 2.10. The number of carbonyl (C=O) groups excluding carboxylic acids is 1. The Hall–Kier alpha value is -1.56. The fourth-order valence-corrected chi connectivity index (χ4v) is 2.49. The fourth-order valence-electron chi connectivity index (χ4n) is 2.49. The van der Waals surface area contributed by atoms with Crippen LogP contribution in [0.3, 0.4) is 0 Å². The Bertz CT molecular complexity index is 508. The maximum absolute atomic E-state index is 14.2. The predicted octanol–water partition coefficient (Wildman–Crippen LogP) is 2.65. The molecule has 1 saturated heterocycles. The van der Waals surface area contributed by atoms with E-state index in [0.717, 1.165) is 35.6 Å². The molecule has 0 unspecified atom stereocenters. The summed E-state index contributed by atoms with van der Waals surface area (Å²) in [6.45, 7) is 2.39. The molecule has 1 aromatic rings. The summed E-state index contributed by atoms with van der Waals surface area (Å²) in [7, 11) is 0. The molecular formula is C15H19F3N2O. The molecule has 6 heteroatoms. The molecule has 1 heterocycles. The zero-order valence-electron chi connectivity index (χ0n) is 11.9. The zero-order chi connectivity index (χ0) is 15.7. The minimum absolute atomic E-state index is 0.222. The number of rotatable bonds is 3. The van der Waals surface area contributed by atoms with Crippen LogP contribution in [0.4, 0.5) is 13.2 Å². The van der Waals surface area contributed by atoms with E-state index in [4.69, 9.17) is 5.73 Å². The monoisotopic (exact) mass is 300 g/mol. The van der Waals surface area contributed by atoms with E-state index in [9.17, 15) is 18.0 Å². The number of amides is 1. The highest BCUT2D eigenvalue weighted by Crippen LogP contribution is 2.32. The van der Waals surface area contributed by atoms with E-state index < -0.39 is 23.2 Å². The normalized spacial score (nSPS) is 18.6. The first kappa shape index (κ1) is 15.8. The average molecular weight is 300 g/mol. The summed E-state index contributed by atoms with van der Waals surface area (Å²) in [5.41, 5.74) is 5.23. The van der Waals surface area contributed by atoms with Crippen molar-refractivity contribution in [2.45, 2.75) is 37.6 Å². The van der Waals surface area contributed by atoms with Crippen LogP contribution < -0.4 is 5.73 Å². The summed E-state index contributed by atoms with van der Waals surface area (Å²) >= 11 is 0. The van der Waals surface area contributed by atoms with Gasteiger partial charge in [-0.3, -0.25) is 4.79 Å². The van der Waals surface area contributed by atoms with Crippen molar-refractivity contribution in [2.24, 2.45) is 5.73 Å². The number of carbonyl (C=O) groups is 1. The molecule has 0 aromatic heterocycles. The summed E-state index contributed by atoms with van der Waals surface area (Å²) in [4.78, 5) is 13.2. The quantitative estimate of drug-likeness (QED) is 0.933. The van der Waals surface area contributed by atoms with Crippen molar-refractivity contribution in [1.29, 1.82) is 0 Å². The molecule has 1 aromatic carbocycles. The van der Waals surface area contributed by atoms with E-state index in [1.807, 2.05) is 6.92 Å². The van der Waals surface area contributed by atoms with Crippen LogP contribution >= 0.6 is 0 Å². The van der Waals surface area contributed by atoms with E-state index in [0.29, 0.717) is 12.8 Å². The summed E-state index contributed by atoms with van der Waals surface area (Å²) in [5.74, 6) is -5.50. The van der Waals surface area contributed by atoms with Crippen molar-refractivity contribution in [3.8, 4) is 0 Å². The Morgan fingerprint density at radius 1 is 1.29 bits per heavy atom. The summed E-state index contributed by atoms with van der Waals surface area (Å²) < 4.78 is 41.2. The van der Waals surface area contributed by atoms with Crippen LogP contribution in [-0.2, 0) is 10.7 Å². The first-order valence-corrected chi connectivity index (χ1v) is 7.00. The lowest BCUT2D eigenvalue weighted by Gasteiger charge is -2.39. The summed E-state index contributed by atoms with van der Waals surface area (Å²) in [5, 5.41) is 0. The number of halogens is 3. The minimum Gasteiger partial charge on any atom is -0.337 e. The second-order valence-corrected chi connectivity index (χ2v) is 5.59. The molecule has 0 aliphatic carbocycles. The summed E-state index contributed by atoms with van der Waals surface area (Å²) in [6.07, 6.45) is 1.77. The average Bonchev–Trinajstić information content (AvgIpc) is 2.48. The van der Waals surface area contributed by atoms with Gasteiger partial charge in [0.25, 0.3) is 5.91 Å². The van der Waals surface area contributed by atoms with Crippen LogP contribution in [0.15, 0.2) is 24.3 Å². The molecule has 0 atom stereocenters. The number of alkyl halides is 2. The number of nitrogens with zero attached hydrogens (tertiary/aromatic N) is 1. The van der Waals surface area contributed by atoms with Crippen LogP contribution in [0.5, 0.6) is 0 Å². The van der Waals surface area contributed by atoms with E-state index in [2.05, 4.69) is 0 Å². The summed E-state index contributed by atoms with van der Waals surface area (Å²) in [6, 6.07) is 3.73. The van der Waals surface area contributed by atoms with Crippen molar-refractivity contribution in [3.05, 3.63) is 35.6 Å². The van der Waals surface area contributed by atoms with Gasteiger partial charge in [0.2, 0.25) is 0 Å². The van der Waals surface area contributed by atoms with Crippen molar-refractivity contribution in [3.63, 3.8) is 0 Å². The highest BCUT2D eigenvalue weighted by atomic mass is 19.3. The molecule has 116 valence electrons. The van der Waals surface area contributed by atoms with Gasteiger partial charge in [-0.1, -0.05) is 6.92 Å². The number of nitrogens with two attached hydrogens (primary N) is 1. The van der Waals surface area contributed by atoms with Crippen LogP contribution in [0.2, 0.25) is 0 Å². The largest absolute Gasteiger partial charge is 0.349 e. The van der Waals surface area contributed by atoms with Gasteiger partial charge in [-0.2, -0.15) is 8.78 Å². The Kier molecular flexibility index (Phi) is 4.27. The fraction of sp³-hybridized carbons (Fsp3) is 0.533. The molecule has 1 fully saturated rings. The molecule has 0 saturated carbocycles. The van der Waals surface area contributed by atoms with Gasteiger partial charge in [0.15, 0.2) is 0 Å². The van der Waals surface area contributed by atoms with Gasteiger partial charge in [-0.15, -0.1) is 0 Å². The molecule has 2 N–H and O–H groups in total. The minimum atomic E-state index is -3.64. The topological polar surface area (TPSA) is 46.3 Å². The van der Waals surface area contributed by atoms with Crippen LogP contribution in [0, 0.1) is 5.82 Å². The molecular weight excluding hydrogens is 281 g/mol. The van der Waals surface area contributed by atoms with E-state index >= 15 is 0 Å². The number of hydrogen-bond acceptors (Lipinski definition) is 2. The molecule has 21 heavy (non-hydrogen) atoms. The molecule has 3 nitrogen and oxygen atoms in total. The van der Waals surface area contributed by atoms with E-state index in [1.54, 1.807) is 0 Å². The smallest absolute Gasteiger partial charge is 0.337 e. The maximum atomic E-state index is 14.2. The SMILES string of the molecule is CCC1(N)CCN(C(=O)C(F)(F)c2ccc(F)cc2)CC1. The lowest BCUT2D eigenvalue weighted by atomic mass is 9.86. The number of benzene rings is 1. The Morgan fingerprint density at radius 2 is 1.81 bits per heavy atom.